The molecule has 8 nitrogen and oxygen atoms in total. The first kappa shape index (κ1) is 19.1. The van der Waals surface area contributed by atoms with E-state index in [9.17, 15) is 9.59 Å². The maximum absolute atomic E-state index is 12.5. The highest BCUT2D eigenvalue weighted by Crippen LogP contribution is 2.27. The van der Waals surface area contributed by atoms with Gasteiger partial charge in [-0.05, 0) is 50.2 Å². The van der Waals surface area contributed by atoms with E-state index >= 15 is 0 Å². The van der Waals surface area contributed by atoms with Crippen LogP contribution >= 0.6 is 0 Å². The largest absolute Gasteiger partial charge is 0.465 e. The number of pyridine rings is 1. The minimum Gasteiger partial charge on any atom is -0.465 e. The molecule has 0 bridgehead atoms. The molecular formula is C21H23N5O3. The van der Waals surface area contributed by atoms with Gasteiger partial charge in [0.05, 0.1) is 24.9 Å². The summed E-state index contributed by atoms with van der Waals surface area (Å²) in [6, 6.07) is 12.7. The predicted molar refractivity (Wildman–Crippen MR) is 108 cm³/mol. The van der Waals surface area contributed by atoms with E-state index in [0.717, 1.165) is 37.4 Å². The van der Waals surface area contributed by atoms with Crippen LogP contribution in [0.2, 0.25) is 0 Å². The lowest BCUT2D eigenvalue weighted by atomic mass is 9.96. The Bertz CT molecular complexity index is 1020. The summed E-state index contributed by atoms with van der Waals surface area (Å²) in [6.45, 7) is 1.89. The fraction of sp³-hybridized carbons (Fsp3) is 0.333. The average molecular weight is 393 g/mol. The molecule has 1 fully saturated rings. The number of hydrogen-bond donors (Lipinski definition) is 1. The van der Waals surface area contributed by atoms with Crippen molar-refractivity contribution in [2.24, 2.45) is 0 Å². The lowest BCUT2D eigenvalue weighted by Gasteiger charge is -2.30. The number of hydrogen-bond acceptors (Lipinski definition) is 6. The molecule has 29 heavy (non-hydrogen) atoms. The fourth-order valence-corrected chi connectivity index (χ4v) is 3.76. The number of rotatable bonds is 5. The second-order valence-electron chi connectivity index (χ2n) is 7.12. The zero-order valence-corrected chi connectivity index (χ0v) is 16.2. The SMILES string of the molecule is COC(=O)c1ccccc1NC(=O)CN1CCC(c2nnc3ccccn23)CC1. The van der Waals surface area contributed by atoms with Crippen LogP contribution in [0.25, 0.3) is 5.65 Å². The van der Waals surface area contributed by atoms with E-state index < -0.39 is 5.97 Å². The van der Waals surface area contributed by atoms with Crippen LogP contribution in [0.4, 0.5) is 5.69 Å². The van der Waals surface area contributed by atoms with Gasteiger partial charge < -0.3 is 10.1 Å². The van der Waals surface area contributed by atoms with Crippen LogP contribution in [0.5, 0.6) is 0 Å². The van der Waals surface area contributed by atoms with Crippen molar-refractivity contribution in [1.82, 2.24) is 19.5 Å². The third kappa shape index (κ3) is 4.12. The predicted octanol–water partition coefficient (Wildman–Crippen LogP) is 2.33. The van der Waals surface area contributed by atoms with Gasteiger partial charge in [0, 0.05) is 12.1 Å². The summed E-state index contributed by atoms with van der Waals surface area (Å²) in [6.07, 6.45) is 3.83. The van der Waals surface area contributed by atoms with Crippen LogP contribution < -0.4 is 5.32 Å². The first-order valence-corrected chi connectivity index (χ1v) is 9.65. The highest BCUT2D eigenvalue weighted by molar-refractivity contribution is 6.01. The molecule has 0 unspecified atom stereocenters. The second kappa shape index (κ2) is 8.40. The van der Waals surface area contributed by atoms with Gasteiger partial charge in [0.25, 0.3) is 0 Å². The number of nitrogens with zero attached hydrogens (tertiary/aromatic N) is 4. The molecule has 1 aromatic carbocycles. The minimum absolute atomic E-state index is 0.146. The molecule has 3 aromatic rings. The molecule has 1 amide bonds. The number of aromatic nitrogens is 3. The van der Waals surface area contributed by atoms with E-state index in [1.54, 1.807) is 24.3 Å². The van der Waals surface area contributed by atoms with Crippen LogP contribution in [0.15, 0.2) is 48.7 Å². The highest BCUT2D eigenvalue weighted by atomic mass is 16.5. The molecule has 150 valence electrons. The molecule has 2 aromatic heterocycles. The summed E-state index contributed by atoms with van der Waals surface area (Å²) in [5, 5.41) is 11.4. The molecule has 0 aliphatic carbocycles. The molecule has 1 N–H and O–H groups in total. The number of piperidine rings is 1. The maximum atomic E-state index is 12.5. The zero-order chi connectivity index (χ0) is 20.2. The van der Waals surface area contributed by atoms with Gasteiger partial charge in [0.1, 0.15) is 5.82 Å². The van der Waals surface area contributed by atoms with E-state index in [4.69, 9.17) is 4.74 Å². The van der Waals surface area contributed by atoms with Crippen LogP contribution in [-0.2, 0) is 9.53 Å². The van der Waals surface area contributed by atoms with Crippen molar-refractivity contribution in [2.75, 3.05) is 32.1 Å². The third-order valence-corrected chi connectivity index (χ3v) is 5.27. The van der Waals surface area contributed by atoms with Crippen LogP contribution in [0.3, 0.4) is 0 Å². The summed E-state index contributed by atoms with van der Waals surface area (Å²) >= 11 is 0. The number of esters is 1. The van der Waals surface area contributed by atoms with Gasteiger partial charge in [0.15, 0.2) is 5.65 Å². The van der Waals surface area contributed by atoms with E-state index in [1.165, 1.54) is 7.11 Å². The van der Waals surface area contributed by atoms with E-state index in [2.05, 4.69) is 20.4 Å². The zero-order valence-electron chi connectivity index (χ0n) is 16.2. The van der Waals surface area contributed by atoms with Crippen molar-refractivity contribution in [3.63, 3.8) is 0 Å². The fourth-order valence-electron chi connectivity index (χ4n) is 3.76. The third-order valence-electron chi connectivity index (χ3n) is 5.27. The number of methoxy groups -OCH3 is 1. The summed E-state index contributed by atoms with van der Waals surface area (Å²) in [7, 11) is 1.32. The first-order valence-electron chi connectivity index (χ1n) is 9.65. The minimum atomic E-state index is -0.470. The number of para-hydroxylation sites is 1. The van der Waals surface area contributed by atoms with Crippen LogP contribution in [0, 0.1) is 0 Å². The Morgan fingerprint density at radius 3 is 2.66 bits per heavy atom. The highest BCUT2D eigenvalue weighted by Gasteiger charge is 2.25. The molecule has 3 heterocycles. The summed E-state index contributed by atoms with van der Waals surface area (Å²) in [5.74, 6) is 0.693. The summed E-state index contributed by atoms with van der Waals surface area (Å²) in [5.41, 5.74) is 1.67. The molecule has 1 saturated heterocycles. The Kier molecular flexibility index (Phi) is 5.53. The molecule has 4 rings (SSSR count). The van der Waals surface area contributed by atoms with E-state index in [-0.39, 0.29) is 12.5 Å². The number of carbonyl (C=O) groups excluding carboxylic acids is 2. The Balaban J connectivity index is 1.34. The van der Waals surface area contributed by atoms with Crippen molar-refractivity contribution in [2.45, 2.75) is 18.8 Å². The van der Waals surface area contributed by atoms with Crippen molar-refractivity contribution >= 4 is 23.2 Å². The number of amides is 1. The number of benzene rings is 1. The number of nitrogens with one attached hydrogen (secondary N) is 1. The van der Waals surface area contributed by atoms with Gasteiger partial charge >= 0.3 is 5.97 Å². The van der Waals surface area contributed by atoms with Gasteiger partial charge in [-0.25, -0.2) is 4.79 Å². The quantitative estimate of drug-likeness (QED) is 0.670. The Morgan fingerprint density at radius 2 is 1.86 bits per heavy atom. The van der Waals surface area contributed by atoms with Crippen LogP contribution in [0.1, 0.15) is 34.9 Å². The number of likely N-dealkylation sites (tertiary alicyclic amines) is 1. The second-order valence-corrected chi connectivity index (χ2v) is 7.12. The first-order chi connectivity index (χ1) is 14.2. The smallest absolute Gasteiger partial charge is 0.339 e. The molecule has 0 saturated carbocycles. The Labute approximate surface area is 168 Å². The Morgan fingerprint density at radius 1 is 1.10 bits per heavy atom. The number of ether oxygens (including phenoxy) is 1. The molecule has 0 atom stereocenters. The lowest BCUT2D eigenvalue weighted by Crippen LogP contribution is -2.39. The van der Waals surface area contributed by atoms with Gasteiger partial charge in [-0.3, -0.25) is 14.1 Å². The number of anilines is 1. The Hall–Kier alpha value is -3.26. The van der Waals surface area contributed by atoms with Gasteiger partial charge in [0.2, 0.25) is 5.91 Å². The number of carbonyl (C=O) groups is 2. The summed E-state index contributed by atoms with van der Waals surface area (Å²) in [4.78, 5) is 26.5. The topological polar surface area (TPSA) is 88.8 Å². The van der Waals surface area contributed by atoms with E-state index in [0.29, 0.717) is 17.2 Å². The van der Waals surface area contributed by atoms with Crippen LogP contribution in [-0.4, -0.2) is 58.1 Å². The molecule has 0 radical (unpaired) electrons. The van der Waals surface area contributed by atoms with Crippen molar-refractivity contribution in [3.8, 4) is 0 Å². The standard InChI is InChI=1S/C21H23N5O3/c1-29-21(28)16-6-2-3-7-17(16)22-19(27)14-25-12-9-15(10-13-25)20-24-23-18-8-4-5-11-26(18)20/h2-8,11,15H,9-10,12-14H2,1H3,(H,22,27). The van der Waals surface area contributed by atoms with Crippen molar-refractivity contribution < 1.29 is 14.3 Å². The average Bonchev–Trinajstić information content (AvgIpc) is 3.18. The summed E-state index contributed by atoms with van der Waals surface area (Å²) < 4.78 is 6.81. The monoisotopic (exact) mass is 393 g/mol. The van der Waals surface area contributed by atoms with Gasteiger partial charge in [-0.2, -0.15) is 0 Å². The molecule has 1 aliphatic rings. The van der Waals surface area contributed by atoms with Crippen molar-refractivity contribution in [3.05, 3.63) is 60.0 Å². The maximum Gasteiger partial charge on any atom is 0.339 e. The van der Waals surface area contributed by atoms with Gasteiger partial charge in [-0.15, -0.1) is 10.2 Å². The number of fused-ring (bicyclic) bond motifs is 1. The molecule has 0 spiro atoms. The van der Waals surface area contributed by atoms with Gasteiger partial charge in [-0.1, -0.05) is 18.2 Å². The molecular weight excluding hydrogens is 370 g/mol. The van der Waals surface area contributed by atoms with Crippen molar-refractivity contribution in [1.29, 1.82) is 0 Å². The van der Waals surface area contributed by atoms with E-state index in [1.807, 2.05) is 28.8 Å². The normalized spacial score (nSPS) is 15.3. The lowest BCUT2D eigenvalue weighted by molar-refractivity contribution is -0.117. The molecule has 1 aliphatic heterocycles. The molecule has 8 heteroatoms.